The number of nitrogens with two attached hydrogens (primary N) is 1. The van der Waals surface area contributed by atoms with Crippen LogP contribution in [-0.2, 0) is 6.42 Å². The summed E-state index contributed by atoms with van der Waals surface area (Å²) in [6.07, 6.45) is 2.20. The van der Waals surface area contributed by atoms with Gasteiger partial charge in [-0.15, -0.1) is 0 Å². The minimum absolute atomic E-state index is 0.437. The summed E-state index contributed by atoms with van der Waals surface area (Å²) in [5, 5.41) is 0. The Balaban J connectivity index is 2.77. The fourth-order valence-corrected chi connectivity index (χ4v) is 1.30. The number of rotatable bonds is 3. The normalized spacial score (nSPS) is 9.86. The lowest BCUT2D eigenvalue weighted by Crippen LogP contribution is -2.31. The molecule has 1 aromatic carbocycles. The van der Waals surface area contributed by atoms with Crippen LogP contribution in [0.1, 0.15) is 18.9 Å². The summed E-state index contributed by atoms with van der Waals surface area (Å²) in [4.78, 5) is 12.3. The summed E-state index contributed by atoms with van der Waals surface area (Å²) in [6.45, 7) is 2.14. The van der Waals surface area contributed by atoms with E-state index < -0.39 is 6.03 Å². The Kier molecular flexibility index (Phi) is 3.51. The Labute approximate surface area is 84.5 Å². The third-order valence-electron chi connectivity index (χ3n) is 2.19. The lowest BCUT2D eigenvalue weighted by atomic mass is 10.1. The molecule has 0 radical (unpaired) electrons. The number of primary amides is 1. The summed E-state index contributed by atoms with van der Waals surface area (Å²) in [6, 6.07) is 7.44. The van der Waals surface area contributed by atoms with E-state index in [1.807, 2.05) is 24.3 Å². The molecular formula is C11H16N2O. The fourth-order valence-electron chi connectivity index (χ4n) is 1.30. The second-order valence-corrected chi connectivity index (χ2v) is 3.31. The molecule has 0 aliphatic rings. The van der Waals surface area contributed by atoms with Gasteiger partial charge in [0.1, 0.15) is 0 Å². The molecule has 76 valence electrons. The van der Waals surface area contributed by atoms with Crippen LogP contribution >= 0.6 is 0 Å². The van der Waals surface area contributed by atoms with Gasteiger partial charge in [0, 0.05) is 12.7 Å². The van der Waals surface area contributed by atoms with Crippen molar-refractivity contribution >= 4 is 11.7 Å². The van der Waals surface area contributed by atoms with E-state index in [0.29, 0.717) is 0 Å². The van der Waals surface area contributed by atoms with E-state index in [2.05, 4.69) is 6.92 Å². The zero-order valence-electron chi connectivity index (χ0n) is 8.66. The van der Waals surface area contributed by atoms with Gasteiger partial charge in [-0.3, -0.25) is 4.90 Å². The topological polar surface area (TPSA) is 46.3 Å². The average molecular weight is 192 g/mol. The zero-order valence-corrected chi connectivity index (χ0v) is 8.66. The van der Waals surface area contributed by atoms with Gasteiger partial charge < -0.3 is 5.73 Å². The highest BCUT2D eigenvalue weighted by Crippen LogP contribution is 2.14. The van der Waals surface area contributed by atoms with Crippen molar-refractivity contribution in [3.8, 4) is 0 Å². The second-order valence-electron chi connectivity index (χ2n) is 3.31. The lowest BCUT2D eigenvalue weighted by Gasteiger charge is -2.14. The molecule has 1 rings (SSSR count). The molecule has 0 aliphatic heterocycles. The highest BCUT2D eigenvalue weighted by Gasteiger charge is 2.04. The van der Waals surface area contributed by atoms with Crippen molar-refractivity contribution in [1.82, 2.24) is 0 Å². The molecular weight excluding hydrogens is 176 g/mol. The molecule has 14 heavy (non-hydrogen) atoms. The van der Waals surface area contributed by atoms with Crippen molar-refractivity contribution in [2.45, 2.75) is 19.8 Å². The van der Waals surface area contributed by atoms with Crippen molar-refractivity contribution in [2.24, 2.45) is 5.73 Å². The van der Waals surface area contributed by atoms with Crippen LogP contribution in [0.25, 0.3) is 0 Å². The minimum Gasteiger partial charge on any atom is -0.351 e. The molecule has 3 heteroatoms. The molecule has 0 spiro atoms. The molecule has 2 amide bonds. The van der Waals surface area contributed by atoms with Gasteiger partial charge in [0.05, 0.1) is 0 Å². The molecule has 1 aromatic rings. The quantitative estimate of drug-likeness (QED) is 0.783. The highest BCUT2D eigenvalue weighted by molar-refractivity contribution is 5.89. The van der Waals surface area contributed by atoms with Crippen molar-refractivity contribution in [1.29, 1.82) is 0 Å². The van der Waals surface area contributed by atoms with Gasteiger partial charge in [-0.05, 0) is 24.1 Å². The molecule has 0 fully saturated rings. The zero-order chi connectivity index (χ0) is 10.6. The number of hydrogen-bond donors (Lipinski definition) is 1. The third-order valence-corrected chi connectivity index (χ3v) is 2.19. The number of urea groups is 1. The molecule has 0 aromatic heterocycles. The summed E-state index contributed by atoms with van der Waals surface area (Å²) >= 11 is 0. The summed E-state index contributed by atoms with van der Waals surface area (Å²) in [5.41, 5.74) is 7.27. The molecule has 2 N–H and O–H groups in total. The van der Waals surface area contributed by atoms with Gasteiger partial charge in [0.2, 0.25) is 0 Å². The first-order valence-electron chi connectivity index (χ1n) is 4.77. The Morgan fingerprint density at radius 3 is 2.36 bits per heavy atom. The number of hydrogen-bond acceptors (Lipinski definition) is 1. The van der Waals surface area contributed by atoms with E-state index in [4.69, 9.17) is 5.73 Å². The minimum atomic E-state index is -0.437. The van der Waals surface area contributed by atoms with Crippen LogP contribution in [0.4, 0.5) is 10.5 Å². The first-order chi connectivity index (χ1) is 6.65. The van der Waals surface area contributed by atoms with Crippen LogP contribution in [0.5, 0.6) is 0 Å². The number of anilines is 1. The predicted octanol–water partition coefficient (Wildman–Crippen LogP) is 2.15. The monoisotopic (exact) mass is 192 g/mol. The van der Waals surface area contributed by atoms with E-state index in [-0.39, 0.29) is 0 Å². The van der Waals surface area contributed by atoms with Gasteiger partial charge in [0.15, 0.2) is 0 Å². The number of carbonyl (C=O) groups is 1. The van der Waals surface area contributed by atoms with Gasteiger partial charge in [0.25, 0.3) is 0 Å². The molecule has 0 atom stereocenters. The van der Waals surface area contributed by atoms with Crippen LogP contribution in [0.2, 0.25) is 0 Å². The van der Waals surface area contributed by atoms with E-state index in [9.17, 15) is 4.79 Å². The van der Waals surface area contributed by atoms with E-state index in [1.165, 1.54) is 10.5 Å². The summed E-state index contributed by atoms with van der Waals surface area (Å²) < 4.78 is 0. The van der Waals surface area contributed by atoms with Crippen LogP contribution in [-0.4, -0.2) is 13.1 Å². The summed E-state index contributed by atoms with van der Waals surface area (Å²) in [7, 11) is 1.66. The largest absolute Gasteiger partial charge is 0.351 e. The molecule has 0 saturated heterocycles. The fraction of sp³-hybridized carbons (Fsp3) is 0.364. The van der Waals surface area contributed by atoms with Crippen LogP contribution in [0, 0.1) is 0 Å². The van der Waals surface area contributed by atoms with Crippen molar-refractivity contribution in [3.05, 3.63) is 29.8 Å². The number of benzene rings is 1. The smallest absolute Gasteiger partial charge is 0.318 e. The summed E-state index contributed by atoms with van der Waals surface area (Å²) in [5.74, 6) is 0. The predicted molar refractivity (Wildman–Crippen MR) is 58.4 cm³/mol. The van der Waals surface area contributed by atoms with Crippen molar-refractivity contribution in [2.75, 3.05) is 11.9 Å². The van der Waals surface area contributed by atoms with Gasteiger partial charge in [-0.1, -0.05) is 25.5 Å². The molecule has 0 unspecified atom stereocenters. The molecule has 0 bridgehead atoms. The highest BCUT2D eigenvalue weighted by atomic mass is 16.2. The molecule has 0 aliphatic carbocycles. The van der Waals surface area contributed by atoms with Gasteiger partial charge in [-0.25, -0.2) is 4.79 Å². The van der Waals surface area contributed by atoms with E-state index in [0.717, 1.165) is 18.5 Å². The maximum atomic E-state index is 10.9. The maximum absolute atomic E-state index is 10.9. The first-order valence-corrected chi connectivity index (χ1v) is 4.77. The van der Waals surface area contributed by atoms with Crippen LogP contribution < -0.4 is 10.6 Å². The van der Waals surface area contributed by atoms with Crippen LogP contribution in [0.3, 0.4) is 0 Å². The van der Waals surface area contributed by atoms with Gasteiger partial charge >= 0.3 is 6.03 Å². The SMILES string of the molecule is CCCc1ccc(N(C)C(N)=O)cc1. The maximum Gasteiger partial charge on any atom is 0.318 e. The average Bonchev–Trinajstić information content (AvgIpc) is 2.18. The third kappa shape index (κ3) is 2.49. The lowest BCUT2D eigenvalue weighted by molar-refractivity contribution is 0.255. The second kappa shape index (κ2) is 4.65. The Hall–Kier alpha value is -1.51. The first kappa shape index (κ1) is 10.6. The Bertz CT molecular complexity index is 306. The molecule has 0 saturated carbocycles. The number of aryl methyl sites for hydroxylation is 1. The Morgan fingerprint density at radius 2 is 1.93 bits per heavy atom. The number of carbonyl (C=O) groups excluding carboxylic acids is 1. The van der Waals surface area contributed by atoms with Crippen LogP contribution in [0.15, 0.2) is 24.3 Å². The molecule has 3 nitrogen and oxygen atoms in total. The van der Waals surface area contributed by atoms with Crippen molar-refractivity contribution in [3.63, 3.8) is 0 Å². The van der Waals surface area contributed by atoms with E-state index >= 15 is 0 Å². The molecule has 0 heterocycles. The van der Waals surface area contributed by atoms with Gasteiger partial charge in [-0.2, -0.15) is 0 Å². The van der Waals surface area contributed by atoms with E-state index in [1.54, 1.807) is 7.05 Å². The number of nitrogens with zero attached hydrogens (tertiary/aromatic N) is 1. The Morgan fingerprint density at radius 1 is 1.36 bits per heavy atom. The number of amides is 2. The van der Waals surface area contributed by atoms with Crippen molar-refractivity contribution < 1.29 is 4.79 Å². The standard InChI is InChI=1S/C11H16N2O/c1-3-4-9-5-7-10(8-6-9)13(2)11(12)14/h5-8H,3-4H2,1-2H3,(H2,12,14).